The van der Waals surface area contributed by atoms with E-state index in [0.29, 0.717) is 39.7 Å². The Morgan fingerprint density at radius 3 is 2.81 bits per heavy atom. The number of nitrogens with two attached hydrogens (primary N) is 1. The van der Waals surface area contributed by atoms with Gasteiger partial charge in [-0.05, 0) is 43.7 Å². The molecular formula is C19H20ClF2N7OS. The minimum absolute atomic E-state index is 0.0729. The molecule has 12 heteroatoms. The van der Waals surface area contributed by atoms with Crippen LogP contribution in [0.5, 0.6) is 0 Å². The number of nitrogen functional groups attached to an aromatic ring is 1. The van der Waals surface area contributed by atoms with Gasteiger partial charge in [-0.25, -0.2) is 18.7 Å². The van der Waals surface area contributed by atoms with Gasteiger partial charge in [0.25, 0.3) is 5.92 Å². The maximum atomic E-state index is 13.6. The number of aromatic nitrogens is 5. The first-order valence-electron chi connectivity index (χ1n) is 10.1. The number of hydrogen-bond acceptors (Lipinski definition) is 7. The van der Waals surface area contributed by atoms with Gasteiger partial charge in [-0.2, -0.15) is 9.97 Å². The zero-order valence-electron chi connectivity index (χ0n) is 16.4. The number of amides is 1. The summed E-state index contributed by atoms with van der Waals surface area (Å²) in [5.74, 6) is -2.71. The van der Waals surface area contributed by atoms with E-state index in [0.717, 1.165) is 24.2 Å². The second-order valence-corrected chi connectivity index (χ2v) is 9.54. The molecule has 0 unspecified atom stereocenters. The van der Waals surface area contributed by atoms with Gasteiger partial charge in [0.15, 0.2) is 16.6 Å². The van der Waals surface area contributed by atoms with Crippen molar-refractivity contribution in [2.24, 2.45) is 5.92 Å². The van der Waals surface area contributed by atoms with Crippen molar-refractivity contribution in [2.75, 3.05) is 11.1 Å². The van der Waals surface area contributed by atoms with Gasteiger partial charge in [0, 0.05) is 29.7 Å². The highest BCUT2D eigenvalue weighted by Gasteiger charge is 2.36. The summed E-state index contributed by atoms with van der Waals surface area (Å²) in [6.45, 7) is 0. The lowest BCUT2D eigenvalue weighted by molar-refractivity contribution is -0.121. The highest BCUT2D eigenvalue weighted by molar-refractivity contribution is 7.15. The van der Waals surface area contributed by atoms with E-state index in [1.165, 1.54) is 0 Å². The van der Waals surface area contributed by atoms with Crippen LogP contribution in [0.25, 0.3) is 11.2 Å². The van der Waals surface area contributed by atoms with E-state index in [4.69, 9.17) is 17.3 Å². The van der Waals surface area contributed by atoms with E-state index in [1.54, 1.807) is 6.33 Å². The number of rotatable bonds is 3. The second-order valence-electron chi connectivity index (χ2n) is 8.12. The third kappa shape index (κ3) is 3.96. The van der Waals surface area contributed by atoms with E-state index in [2.05, 4.69) is 25.3 Å². The average molecular weight is 468 g/mol. The molecule has 0 aromatic carbocycles. The lowest BCUT2D eigenvalue weighted by Gasteiger charge is -2.28. The van der Waals surface area contributed by atoms with Gasteiger partial charge in [-0.1, -0.05) is 0 Å². The van der Waals surface area contributed by atoms with Crippen molar-refractivity contribution < 1.29 is 13.6 Å². The number of carbonyl (C=O) groups excluding carboxylic acids is 1. The number of anilines is 2. The fraction of sp³-hybridized carbons (Fsp3) is 0.526. The number of nitrogens with zero attached hydrogens (tertiary/aromatic N) is 5. The van der Waals surface area contributed by atoms with E-state index in [1.807, 2.05) is 4.57 Å². The molecule has 1 fully saturated rings. The third-order valence-corrected chi connectivity index (χ3v) is 7.22. The first-order valence-corrected chi connectivity index (χ1v) is 11.3. The summed E-state index contributed by atoms with van der Waals surface area (Å²) >= 11 is 7.10. The molecular weight excluding hydrogens is 448 g/mol. The number of fused-ring (bicyclic) bond motifs is 2. The highest BCUT2D eigenvalue weighted by atomic mass is 35.5. The summed E-state index contributed by atoms with van der Waals surface area (Å²) in [6, 6.07) is 0.133. The molecule has 0 spiro atoms. The Hall–Kier alpha value is -2.40. The van der Waals surface area contributed by atoms with Crippen LogP contribution in [0, 0.1) is 5.92 Å². The van der Waals surface area contributed by atoms with Crippen molar-refractivity contribution in [1.29, 1.82) is 0 Å². The summed E-state index contributed by atoms with van der Waals surface area (Å²) in [7, 11) is 0. The molecule has 164 valence electrons. The SMILES string of the molecule is Nc1nc(Cl)nc2c1ncn2[C@H]1CC[C@@H](C(=O)Nc2nc3c(s2)CC(F)(F)CC3)CC1. The monoisotopic (exact) mass is 467 g/mol. The van der Waals surface area contributed by atoms with Crippen LogP contribution in [0.1, 0.15) is 48.7 Å². The van der Waals surface area contributed by atoms with Crippen molar-refractivity contribution in [3.8, 4) is 0 Å². The molecule has 2 aliphatic carbocycles. The Morgan fingerprint density at radius 1 is 1.26 bits per heavy atom. The molecule has 3 N–H and O–H groups in total. The molecule has 0 radical (unpaired) electrons. The van der Waals surface area contributed by atoms with Crippen molar-refractivity contribution in [2.45, 2.75) is 56.9 Å². The number of imidazole rings is 1. The van der Waals surface area contributed by atoms with E-state index >= 15 is 0 Å². The lowest BCUT2D eigenvalue weighted by Crippen LogP contribution is -2.28. The van der Waals surface area contributed by atoms with Crippen LogP contribution in [0.4, 0.5) is 19.7 Å². The fourth-order valence-electron chi connectivity index (χ4n) is 4.40. The summed E-state index contributed by atoms with van der Waals surface area (Å²) in [5.41, 5.74) is 7.67. The summed E-state index contributed by atoms with van der Waals surface area (Å²) in [6.07, 6.45) is 4.37. The molecule has 3 aromatic rings. The van der Waals surface area contributed by atoms with Crippen molar-refractivity contribution in [1.82, 2.24) is 24.5 Å². The number of thiazole rings is 1. The zero-order valence-corrected chi connectivity index (χ0v) is 18.0. The van der Waals surface area contributed by atoms with E-state index < -0.39 is 5.92 Å². The molecule has 5 rings (SSSR count). The van der Waals surface area contributed by atoms with Crippen LogP contribution in [-0.4, -0.2) is 36.3 Å². The van der Waals surface area contributed by atoms with Crippen LogP contribution >= 0.6 is 22.9 Å². The molecule has 0 bridgehead atoms. The van der Waals surface area contributed by atoms with Crippen LogP contribution in [0.2, 0.25) is 5.28 Å². The molecule has 31 heavy (non-hydrogen) atoms. The Kier molecular flexibility index (Phi) is 5.04. The first-order chi connectivity index (χ1) is 14.8. The Morgan fingerprint density at radius 2 is 2.03 bits per heavy atom. The number of alkyl halides is 2. The van der Waals surface area contributed by atoms with Crippen molar-refractivity contribution in [3.63, 3.8) is 0 Å². The van der Waals surface area contributed by atoms with Gasteiger partial charge in [0.05, 0.1) is 12.0 Å². The smallest absolute Gasteiger partial charge is 0.253 e. The lowest BCUT2D eigenvalue weighted by atomic mass is 9.85. The molecule has 1 saturated carbocycles. The molecule has 2 aliphatic rings. The average Bonchev–Trinajstić information content (AvgIpc) is 3.30. The van der Waals surface area contributed by atoms with Crippen molar-refractivity contribution >= 4 is 51.0 Å². The second kappa shape index (κ2) is 7.63. The maximum Gasteiger partial charge on any atom is 0.253 e. The maximum absolute atomic E-state index is 13.6. The van der Waals surface area contributed by atoms with E-state index in [-0.39, 0.29) is 48.2 Å². The van der Waals surface area contributed by atoms with Crippen molar-refractivity contribution in [3.05, 3.63) is 22.2 Å². The quantitative estimate of drug-likeness (QED) is 0.563. The highest BCUT2D eigenvalue weighted by Crippen LogP contribution is 2.38. The fourth-order valence-corrected chi connectivity index (χ4v) is 5.66. The van der Waals surface area contributed by atoms with Gasteiger partial charge >= 0.3 is 0 Å². The minimum Gasteiger partial charge on any atom is -0.382 e. The molecule has 0 saturated heterocycles. The molecule has 3 aromatic heterocycles. The van der Waals surface area contributed by atoms with Crippen LogP contribution < -0.4 is 11.1 Å². The first kappa shape index (κ1) is 20.5. The summed E-state index contributed by atoms with van der Waals surface area (Å²) in [4.78, 5) is 30.2. The molecule has 8 nitrogen and oxygen atoms in total. The Bertz CT molecular complexity index is 1160. The topological polar surface area (TPSA) is 112 Å². The molecule has 1 amide bonds. The predicted molar refractivity (Wildman–Crippen MR) is 113 cm³/mol. The van der Waals surface area contributed by atoms with Gasteiger partial charge in [-0.3, -0.25) is 4.79 Å². The summed E-state index contributed by atoms with van der Waals surface area (Å²) < 4.78 is 29.2. The normalized spacial score (nSPS) is 22.9. The zero-order chi connectivity index (χ0) is 21.8. The molecule has 0 atom stereocenters. The third-order valence-electron chi connectivity index (χ3n) is 6.04. The number of carbonyl (C=O) groups is 1. The number of aryl methyl sites for hydroxylation is 1. The van der Waals surface area contributed by atoms with Crippen LogP contribution in [0.3, 0.4) is 0 Å². The predicted octanol–water partition coefficient (Wildman–Crippen LogP) is 4.01. The van der Waals surface area contributed by atoms with E-state index in [9.17, 15) is 13.6 Å². The Labute approximate surface area is 185 Å². The van der Waals surface area contributed by atoms with Crippen LogP contribution in [-0.2, 0) is 17.6 Å². The number of nitrogens with one attached hydrogen (secondary N) is 1. The van der Waals surface area contributed by atoms with Crippen LogP contribution in [0.15, 0.2) is 6.33 Å². The van der Waals surface area contributed by atoms with Gasteiger partial charge < -0.3 is 15.6 Å². The summed E-state index contributed by atoms with van der Waals surface area (Å²) in [5, 5.41) is 3.33. The molecule has 3 heterocycles. The van der Waals surface area contributed by atoms with Gasteiger partial charge in [0.2, 0.25) is 11.2 Å². The Balaban J connectivity index is 1.23. The standard InChI is InChI=1S/C19H20ClF2N7OS/c20-17-26-14(23)13-15(27-17)29(8-24-13)10-3-1-9(2-4-10)16(30)28-18-25-11-5-6-19(21,22)7-12(11)31-18/h8-10H,1-7H2,(H2,23,26,27)(H,25,28,30)/t9-,10+. The van der Waals surface area contributed by atoms with Gasteiger partial charge in [0.1, 0.15) is 5.52 Å². The molecule has 0 aliphatic heterocycles. The number of hydrogen-bond donors (Lipinski definition) is 2. The van der Waals surface area contributed by atoms with Gasteiger partial charge in [-0.15, -0.1) is 11.3 Å². The number of halogens is 3. The largest absolute Gasteiger partial charge is 0.382 e. The minimum atomic E-state index is -2.68.